The number of rotatable bonds is 22. The number of carbonyl (C=O) groups is 6. The summed E-state index contributed by atoms with van der Waals surface area (Å²) in [7, 11) is 0. The van der Waals surface area contributed by atoms with Crippen LogP contribution in [0.3, 0.4) is 0 Å². The van der Waals surface area contributed by atoms with Crippen LogP contribution in [0.2, 0.25) is 0 Å². The number of hydrogen-bond donors (Lipinski definition) is 4. The van der Waals surface area contributed by atoms with Crippen LogP contribution in [0, 0.1) is 11.8 Å². The zero-order chi connectivity index (χ0) is 62.4. The summed E-state index contributed by atoms with van der Waals surface area (Å²) in [5.41, 5.74) is 4.21. The fourth-order valence-electron chi connectivity index (χ4n) is 12.1. The lowest BCUT2D eigenvalue weighted by Crippen LogP contribution is -2.56. The molecule has 0 radical (unpaired) electrons. The van der Waals surface area contributed by atoms with Gasteiger partial charge in [0.2, 0.25) is 17.7 Å². The SMILES string of the molecule is CC(C)(C)OC(=O)N1CCCCC1C(=O)N1CCCC(C(=O)NC(CCCc2ccccc2)CCCc2ccccc2)C1.CC(C)(C)OC(=O)N1CCCCC1C(=O)O.O=C(NC(CCCc1ccccc1)CCCc1ccccc1)C1CCCNC1. The number of aryl methyl sites for hydroxylation is 4. The quantitative estimate of drug-likeness (QED) is 0.0590. The number of benzene rings is 4. The lowest BCUT2D eigenvalue weighted by molar-refractivity contribution is -0.144. The molecule has 4 N–H and O–H groups in total. The third kappa shape index (κ3) is 25.9. The molecular formula is C72H104N6O9. The zero-order valence-electron chi connectivity index (χ0n) is 53.4. The normalized spacial score (nSPS) is 18.9. The summed E-state index contributed by atoms with van der Waals surface area (Å²) in [5.74, 6) is -0.802. The number of likely N-dealkylation sites (tertiary alicyclic amines) is 3. The van der Waals surface area contributed by atoms with E-state index < -0.39 is 41.4 Å². The van der Waals surface area contributed by atoms with E-state index >= 15 is 0 Å². The van der Waals surface area contributed by atoms with Crippen molar-refractivity contribution < 1.29 is 43.3 Å². The Kier molecular flexibility index (Phi) is 29.1. The molecule has 4 aromatic rings. The molecule has 8 rings (SSSR count). The minimum atomic E-state index is -0.953. The second kappa shape index (κ2) is 36.5. The largest absolute Gasteiger partial charge is 0.480 e. The number of ether oxygens (including phenoxy) is 2. The highest BCUT2D eigenvalue weighted by atomic mass is 16.6. The number of carbonyl (C=O) groups excluding carboxylic acids is 5. The molecule has 4 saturated heterocycles. The smallest absolute Gasteiger partial charge is 0.411 e. The number of aliphatic carboxylic acids is 1. The highest BCUT2D eigenvalue weighted by molar-refractivity contribution is 5.87. The third-order valence-electron chi connectivity index (χ3n) is 16.7. The van der Waals surface area contributed by atoms with Crippen LogP contribution in [0.4, 0.5) is 9.59 Å². The van der Waals surface area contributed by atoms with Crippen LogP contribution >= 0.6 is 0 Å². The summed E-state index contributed by atoms with van der Waals surface area (Å²) in [6.07, 6.45) is 19.7. The van der Waals surface area contributed by atoms with Crippen molar-refractivity contribution in [2.45, 2.75) is 218 Å². The van der Waals surface area contributed by atoms with Gasteiger partial charge in [-0.25, -0.2) is 14.4 Å². The highest BCUT2D eigenvalue weighted by Crippen LogP contribution is 2.27. The Morgan fingerprint density at radius 3 is 1.25 bits per heavy atom. The second-order valence-corrected chi connectivity index (χ2v) is 26.3. The fraction of sp³-hybridized carbons (Fsp3) is 0.583. The third-order valence-corrected chi connectivity index (χ3v) is 16.7. The molecule has 0 saturated carbocycles. The van der Waals surface area contributed by atoms with Crippen LogP contribution in [0.15, 0.2) is 121 Å². The Morgan fingerprint density at radius 2 is 0.874 bits per heavy atom. The van der Waals surface area contributed by atoms with Gasteiger partial charge in [-0.1, -0.05) is 121 Å². The predicted octanol–water partition coefficient (Wildman–Crippen LogP) is 12.9. The van der Waals surface area contributed by atoms with Crippen molar-refractivity contribution in [3.05, 3.63) is 144 Å². The van der Waals surface area contributed by atoms with E-state index in [4.69, 9.17) is 14.6 Å². The van der Waals surface area contributed by atoms with Gasteiger partial charge in [-0.3, -0.25) is 24.2 Å². The number of carboxylic acids is 1. The van der Waals surface area contributed by atoms with Crippen molar-refractivity contribution >= 4 is 35.9 Å². The first-order valence-corrected chi connectivity index (χ1v) is 32.8. The van der Waals surface area contributed by atoms with Crippen molar-refractivity contribution in [2.75, 3.05) is 39.3 Å². The molecule has 87 heavy (non-hydrogen) atoms. The maximum atomic E-state index is 13.7. The molecule has 0 aromatic heterocycles. The monoisotopic (exact) mass is 1200 g/mol. The van der Waals surface area contributed by atoms with Gasteiger partial charge in [-0.2, -0.15) is 0 Å². The van der Waals surface area contributed by atoms with Crippen LogP contribution < -0.4 is 16.0 Å². The summed E-state index contributed by atoms with van der Waals surface area (Å²) in [6.45, 7) is 14.7. The van der Waals surface area contributed by atoms with E-state index in [2.05, 4.69) is 125 Å². The lowest BCUT2D eigenvalue weighted by atomic mass is 9.93. The lowest BCUT2D eigenvalue weighted by Gasteiger charge is -2.40. The van der Waals surface area contributed by atoms with Crippen molar-refractivity contribution in [1.82, 2.24) is 30.7 Å². The molecule has 4 aromatic carbocycles. The molecule has 476 valence electrons. The van der Waals surface area contributed by atoms with Crippen molar-refractivity contribution in [3.8, 4) is 0 Å². The van der Waals surface area contributed by atoms with Gasteiger partial charge in [0.05, 0.1) is 11.8 Å². The van der Waals surface area contributed by atoms with Crippen molar-refractivity contribution in [3.63, 3.8) is 0 Å². The van der Waals surface area contributed by atoms with E-state index in [9.17, 15) is 28.8 Å². The molecule has 4 heterocycles. The van der Waals surface area contributed by atoms with Gasteiger partial charge < -0.3 is 35.4 Å². The van der Waals surface area contributed by atoms with Crippen LogP contribution in [-0.4, -0.2) is 130 Å². The molecule has 4 unspecified atom stereocenters. The first-order valence-electron chi connectivity index (χ1n) is 32.8. The summed E-state index contributed by atoms with van der Waals surface area (Å²) in [6, 6.07) is 41.4. The van der Waals surface area contributed by atoms with Gasteiger partial charge in [0.1, 0.15) is 23.3 Å². The standard InChI is InChI=1S/C36H51N3O4.C25H34N2O.C11H19NO4/c1-36(2,3)43-35(42)39-26-11-10-24-32(39)34(41)38-25-14-21-30(27-38)33(40)37-31(22-12-19-28-15-6-4-7-16-28)23-13-20-29-17-8-5-9-18-29;28-25(23-16-9-19-26-20-23)27-24(17-7-14-21-10-3-1-4-11-21)18-8-15-22-12-5-2-6-13-22;1-11(2,3)16-10(15)12-7-5-4-6-8(12)9(13)14/h4-9,15-18,30-32H,10-14,19-27H2,1-3H3,(H,37,40);1-6,10-13,23-24,26H,7-9,14-20H2,(H,27,28);8H,4-7H2,1-3H3,(H,13,14). The molecule has 4 aliphatic heterocycles. The average molecular weight is 1200 g/mol. The Balaban J connectivity index is 0.000000234. The molecule has 4 fully saturated rings. The summed E-state index contributed by atoms with van der Waals surface area (Å²) in [4.78, 5) is 80.5. The average Bonchev–Trinajstić information content (AvgIpc) is 3.67. The topological polar surface area (TPSA) is 187 Å². The Morgan fingerprint density at radius 1 is 0.494 bits per heavy atom. The Bertz CT molecular complexity index is 2570. The summed E-state index contributed by atoms with van der Waals surface area (Å²) in [5, 5.41) is 19.1. The molecule has 0 bridgehead atoms. The van der Waals surface area contributed by atoms with Gasteiger partial charge in [-0.15, -0.1) is 0 Å². The van der Waals surface area contributed by atoms with Gasteiger partial charge >= 0.3 is 18.2 Å². The minimum Gasteiger partial charge on any atom is -0.480 e. The van der Waals surface area contributed by atoms with Gasteiger partial charge in [0, 0.05) is 44.8 Å². The number of carboxylic acid groups (broad SMARTS) is 1. The highest BCUT2D eigenvalue weighted by Gasteiger charge is 2.40. The molecule has 15 nitrogen and oxygen atoms in total. The van der Waals surface area contributed by atoms with Crippen LogP contribution in [0.1, 0.15) is 179 Å². The van der Waals surface area contributed by atoms with E-state index in [0.717, 1.165) is 142 Å². The van der Waals surface area contributed by atoms with E-state index in [1.807, 2.05) is 37.8 Å². The van der Waals surface area contributed by atoms with Crippen molar-refractivity contribution in [2.24, 2.45) is 11.8 Å². The number of nitrogens with zero attached hydrogens (tertiary/aromatic N) is 3. The first kappa shape index (κ1) is 69.4. The molecular weight excluding hydrogens is 1090 g/mol. The van der Waals surface area contributed by atoms with Gasteiger partial charge in [-0.05, 0) is 212 Å². The molecule has 0 spiro atoms. The van der Waals surface area contributed by atoms with Gasteiger partial charge in [0.25, 0.3) is 0 Å². The van der Waals surface area contributed by atoms with E-state index in [1.54, 1.807) is 25.7 Å². The predicted molar refractivity (Wildman–Crippen MR) is 345 cm³/mol. The zero-order valence-corrected chi connectivity index (χ0v) is 53.4. The maximum absolute atomic E-state index is 13.7. The van der Waals surface area contributed by atoms with Gasteiger partial charge in [0.15, 0.2) is 0 Å². The number of nitrogens with one attached hydrogen (secondary N) is 3. The molecule has 4 atom stereocenters. The first-order chi connectivity index (χ1) is 41.8. The van der Waals surface area contributed by atoms with E-state index in [1.165, 1.54) is 27.2 Å². The number of hydrogen-bond acceptors (Lipinski definition) is 9. The number of amides is 5. The number of piperidine rings is 4. The van der Waals surface area contributed by atoms with Crippen LogP contribution in [-0.2, 0) is 54.3 Å². The van der Waals surface area contributed by atoms with Crippen LogP contribution in [0.25, 0.3) is 0 Å². The maximum Gasteiger partial charge on any atom is 0.411 e. The van der Waals surface area contributed by atoms with E-state index in [0.29, 0.717) is 39.0 Å². The molecule has 0 aliphatic carbocycles. The van der Waals surface area contributed by atoms with Crippen molar-refractivity contribution in [1.29, 1.82) is 0 Å². The molecule has 15 heteroatoms. The fourth-order valence-corrected chi connectivity index (χ4v) is 12.1. The molecule has 5 amide bonds. The Hall–Kier alpha value is -6.74. The molecule has 4 aliphatic rings. The minimum absolute atomic E-state index is 0.0505. The summed E-state index contributed by atoms with van der Waals surface area (Å²) < 4.78 is 10.8. The second-order valence-electron chi connectivity index (χ2n) is 26.3. The van der Waals surface area contributed by atoms with Crippen LogP contribution in [0.5, 0.6) is 0 Å². The Labute approximate surface area is 520 Å². The van der Waals surface area contributed by atoms with E-state index in [-0.39, 0.29) is 41.6 Å². The summed E-state index contributed by atoms with van der Waals surface area (Å²) >= 11 is 0.